The SMILES string of the molecule is Cc1nc(-c2ccc(Cl)cc2)sc1C(=O)NC1CCNCC1C.Cl.Cl. The van der Waals surface area contributed by atoms with Crippen molar-refractivity contribution in [3.8, 4) is 10.6 Å². The number of hydrogen-bond donors (Lipinski definition) is 2. The highest BCUT2D eigenvalue weighted by Gasteiger charge is 2.25. The van der Waals surface area contributed by atoms with Gasteiger partial charge in [-0.1, -0.05) is 30.7 Å². The van der Waals surface area contributed by atoms with Gasteiger partial charge in [-0.25, -0.2) is 4.98 Å². The van der Waals surface area contributed by atoms with Crippen molar-refractivity contribution in [3.63, 3.8) is 0 Å². The molecule has 1 amide bonds. The van der Waals surface area contributed by atoms with Crippen LogP contribution in [0, 0.1) is 12.8 Å². The molecule has 2 unspecified atom stereocenters. The van der Waals surface area contributed by atoms with Gasteiger partial charge in [-0.05, 0) is 44.5 Å². The van der Waals surface area contributed by atoms with Crippen LogP contribution in [-0.4, -0.2) is 30.0 Å². The van der Waals surface area contributed by atoms with E-state index in [9.17, 15) is 4.79 Å². The van der Waals surface area contributed by atoms with Gasteiger partial charge < -0.3 is 10.6 Å². The highest BCUT2D eigenvalue weighted by molar-refractivity contribution is 7.17. The quantitative estimate of drug-likeness (QED) is 0.773. The van der Waals surface area contributed by atoms with Crippen LogP contribution in [0.3, 0.4) is 0 Å². The van der Waals surface area contributed by atoms with Gasteiger partial charge in [0.25, 0.3) is 5.91 Å². The normalized spacial score (nSPS) is 19.5. The van der Waals surface area contributed by atoms with Gasteiger partial charge in [-0.15, -0.1) is 36.2 Å². The number of benzene rings is 1. The zero-order valence-electron chi connectivity index (χ0n) is 14.0. The van der Waals surface area contributed by atoms with Crippen LogP contribution in [0.25, 0.3) is 10.6 Å². The monoisotopic (exact) mass is 421 g/mol. The summed E-state index contributed by atoms with van der Waals surface area (Å²) in [5.74, 6) is 0.427. The summed E-state index contributed by atoms with van der Waals surface area (Å²) >= 11 is 7.36. The lowest BCUT2D eigenvalue weighted by atomic mass is 9.95. The fourth-order valence-corrected chi connectivity index (χ4v) is 3.89. The van der Waals surface area contributed by atoms with Crippen LogP contribution in [0.4, 0.5) is 0 Å². The van der Waals surface area contributed by atoms with Crippen molar-refractivity contribution in [1.82, 2.24) is 15.6 Å². The van der Waals surface area contributed by atoms with Crippen LogP contribution in [0.1, 0.15) is 28.7 Å². The molecule has 25 heavy (non-hydrogen) atoms. The second-order valence-electron chi connectivity index (χ2n) is 5.99. The third kappa shape index (κ3) is 5.31. The summed E-state index contributed by atoms with van der Waals surface area (Å²) in [7, 11) is 0. The Morgan fingerprint density at radius 3 is 2.64 bits per heavy atom. The first kappa shape index (κ1) is 22.2. The van der Waals surface area contributed by atoms with Crippen LogP contribution in [0.2, 0.25) is 5.02 Å². The molecule has 1 aliphatic heterocycles. The zero-order chi connectivity index (χ0) is 16.4. The zero-order valence-corrected chi connectivity index (χ0v) is 17.2. The smallest absolute Gasteiger partial charge is 0.263 e. The Kier molecular flexibility index (Phi) is 8.64. The number of rotatable bonds is 3. The maximum absolute atomic E-state index is 12.6. The predicted molar refractivity (Wildman–Crippen MR) is 110 cm³/mol. The van der Waals surface area contributed by atoms with Gasteiger partial charge in [0.15, 0.2) is 0 Å². The summed E-state index contributed by atoms with van der Waals surface area (Å²) in [4.78, 5) is 17.8. The summed E-state index contributed by atoms with van der Waals surface area (Å²) in [6, 6.07) is 7.76. The molecule has 1 fully saturated rings. The van der Waals surface area contributed by atoms with Crippen molar-refractivity contribution in [1.29, 1.82) is 0 Å². The van der Waals surface area contributed by atoms with E-state index in [-0.39, 0.29) is 36.8 Å². The third-order valence-corrected chi connectivity index (χ3v) is 5.65. The van der Waals surface area contributed by atoms with Crippen LogP contribution in [-0.2, 0) is 0 Å². The van der Waals surface area contributed by atoms with Crippen LogP contribution >= 0.6 is 47.8 Å². The lowest BCUT2D eigenvalue weighted by Crippen LogP contribution is -2.48. The molecule has 0 aliphatic carbocycles. The van der Waals surface area contributed by atoms with E-state index in [1.54, 1.807) is 0 Å². The van der Waals surface area contributed by atoms with Crippen molar-refractivity contribution < 1.29 is 4.79 Å². The Bertz CT molecular complexity index is 706. The van der Waals surface area contributed by atoms with E-state index in [0.29, 0.717) is 15.8 Å². The largest absolute Gasteiger partial charge is 0.348 e. The van der Waals surface area contributed by atoms with Gasteiger partial charge in [0.05, 0.1) is 5.69 Å². The minimum atomic E-state index is -0.0148. The molecule has 3 rings (SSSR count). The molecule has 2 atom stereocenters. The molecule has 4 nitrogen and oxygen atoms in total. The van der Waals surface area contributed by atoms with Gasteiger partial charge >= 0.3 is 0 Å². The number of thiazole rings is 1. The van der Waals surface area contributed by atoms with Crippen LogP contribution < -0.4 is 10.6 Å². The number of aryl methyl sites for hydroxylation is 1. The number of halogens is 3. The van der Waals surface area contributed by atoms with E-state index in [2.05, 4.69) is 22.5 Å². The third-order valence-electron chi connectivity index (χ3n) is 4.20. The van der Waals surface area contributed by atoms with Gasteiger partial charge in [-0.3, -0.25) is 4.79 Å². The Hall–Kier alpha value is -0.850. The van der Waals surface area contributed by atoms with Crippen molar-refractivity contribution in [2.24, 2.45) is 5.92 Å². The van der Waals surface area contributed by atoms with E-state index in [0.717, 1.165) is 35.8 Å². The number of hydrogen-bond acceptors (Lipinski definition) is 4. The number of carbonyl (C=O) groups excluding carboxylic acids is 1. The first-order valence-electron chi connectivity index (χ1n) is 7.79. The maximum Gasteiger partial charge on any atom is 0.263 e. The molecular weight excluding hydrogens is 401 g/mol. The molecule has 2 aromatic rings. The Labute approximate surface area is 169 Å². The van der Waals surface area contributed by atoms with E-state index < -0.39 is 0 Å². The fraction of sp³-hybridized carbons (Fsp3) is 0.412. The van der Waals surface area contributed by atoms with Gasteiger partial charge in [0.2, 0.25) is 0 Å². The second-order valence-corrected chi connectivity index (χ2v) is 7.43. The second kappa shape index (κ2) is 9.74. The van der Waals surface area contributed by atoms with Gasteiger partial charge in [0.1, 0.15) is 9.88 Å². The summed E-state index contributed by atoms with van der Waals surface area (Å²) in [6.45, 7) is 5.95. The Morgan fingerprint density at radius 1 is 1.32 bits per heavy atom. The predicted octanol–water partition coefficient (Wildman–Crippen LogP) is 4.34. The molecule has 1 saturated heterocycles. The molecule has 0 saturated carbocycles. The van der Waals surface area contributed by atoms with E-state index in [1.807, 2.05) is 31.2 Å². The molecule has 8 heteroatoms. The maximum atomic E-state index is 12.6. The van der Waals surface area contributed by atoms with E-state index in [4.69, 9.17) is 11.6 Å². The molecule has 0 spiro atoms. The van der Waals surface area contributed by atoms with Crippen LogP contribution in [0.15, 0.2) is 24.3 Å². The average molecular weight is 423 g/mol. The minimum Gasteiger partial charge on any atom is -0.348 e. The molecule has 2 N–H and O–H groups in total. The number of amides is 1. The molecule has 1 aromatic heterocycles. The first-order chi connectivity index (χ1) is 11.0. The summed E-state index contributed by atoms with van der Waals surface area (Å²) < 4.78 is 0. The fourth-order valence-electron chi connectivity index (χ4n) is 2.79. The van der Waals surface area contributed by atoms with E-state index >= 15 is 0 Å². The summed E-state index contributed by atoms with van der Waals surface area (Å²) in [6.07, 6.45) is 0.967. The summed E-state index contributed by atoms with van der Waals surface area (Å²) in [5.41, 5.74) is 1.76. The number of nitrogens with zero attached hydrogens (tertiary/aromatic N) is 1. The molecule has 0 bridgehead atoms. The van der Waals surface area contributed by atoms with Gasteiger partial charge in [-0.2, -0.15) is 0 Å². The molecule has 138 valence electrons. The molecule has 1 aliphatic rings. The van der Waals surface area contributed by atoms with E-state index in [1.165, 1.54) is 11.3 Å². The van der Waals surface area contributed by atoms with Crippen molar-refractivity contribution in [2.45, 2.75) is 26.3 Å². The highest BCUT2D eigenvalue weighted by Crippen LogP contribution is 2.29. The molecule has 0 radical (unpaired) electrons. The summed E-state index contributed by atoms with van der Waals surface area (Å²) in [5, 5.41) is 8.06. The topological polar surface area (TPSA) is 54.0 Å². The molecular formula is C17H22Cl3N3OS. The lowest BCUT2D eigenvalue weighted by Gasteiger charge is -2.30. The number of carbonyl (C=O) groups is 1. The van der Waals surface area contributed by atoms with Crippen LogP contribution in [0.5, 0.6) is 0 Å². The standard InChI is InChI=1S/C17H20ClN3OS.2ClH/c1-10-9-19-8-7-14(10)21-16(22)15-11(2)20-17(23-15)12-3-5-13(18)6-4-12;;/h3-6,10,14,19H,7-9H2,1-2H3,(H,21,22);2*1H. The Morgan fingerprint density at radius 2 is 2.00 bits per heavy atom. The van der Waals surface area contributed by atoms with Crippen molar-refractivity contribution in [2.75, 3.05) is 13.1 Å². The molecule has 2 heterocycles. The number of piperidine rings is 1. The highest BCUT2D eigenvalue weighted by atomic mass is 35.5. The number of aromatic nitrogens is 1. The first-order valence-corrected chi connectivity index (χ1v) is 8.99. The number of nitrogens with one attached hydrogen (secondary N) is 2. The van der Waals surface area contributed by atoms with Gasteiger partial charge in [0, 0.05) is 16.6 Å². The minimum absolute atomic E-state index is 0. The Balaban J connectivity index is 0.00000156. The lowest BCUT2D eigenvalue weighted by molar-refractivity contribution is 0.0917. The van der Waals surface area contributed by atoms with Crippen molar-refractivity contribution in [3.05, 3.63) is 39.9 Å². The molecule has 1 aromatic carbocycles. The average Bonchev–Trinajstić information content (AvgIpc) is 2.92. The van der Waals surface area contributed by atoms with Crippen molar-refractivity contribution >= 4 is 53.7 Å².